The summed E-state index contributed by atoms with van der Waals surface area (Å²) in [5, 5.41) is 56.2. The average Bonchev–Trinajstić information content (AvgIpc) is 2.23. The van der Waals surface area contributed by atoms with Gasteiger partial charge in [-0.05, 0) is 7.05 Å². The van der Waals surface area contributed by atoms with E-state index >= 15 is 0 Å². The molecule has 0 bridgehead atoms. The van der Waals surface area contributed by atoms with Gasteiger partial charge in [0.25, 0.3) is 0 Å². The average molecular weight is 211 g/mol. The van der Waals surface area contributed by atoms with Gasteiger partial charge in [-0.3, -0.25) is 5.32 Å². The van der Waals surface area contributed by atoms with E-state index in [4.69, 9.17) is 20.4 Å². The molecule has 0 fully saturated rings. The van der Waals surface area contributed by atoms with E-state index in [1.807, 2.05) is 0 Å². The molecule has 0 spiro atoms. The summed E-state index contributed by atoms with van der Waals surface area (Å²) in [5.41, 5.74) is 0. The van der Waals surface area contributed by atoms with Gasteiger partial charge in [0.05, 0.1) is 6.61 Å². The van der Waals surface area contributed by atoms with E-state index in [1.165, 1.54) is 7.05 Å². The van der Waals surface area contributed by atoms with Crippen LogP contribution < -0.4 is 5.32 Å². The lowest BCUT2D eigenvalue weighted by atomic mass is 10.0. The Kier molecular flexibility index (Phi) is 6.12. The quantitative estimate of drug-likeness (QED) is 0.222. The van der Waals surface area contributed by atoms with Crippen LogP contribution in [0.15, 0.2) is 0 Å². The summed E-state index contributed by atoms with van der Waals surface area (Å²) in [7, 11) is 1.34. The molecule has 1 unspecified atom stereocenters. The molecule has 0 aromatic heterocycles. The zero-order valence-electron chi connectivity index (χ0n) is 7.78. The van der Waals surface area contributed by atoms with Crippen molar-refractivity contribution in [3.8, 4) is 0 Å². The number of rotatable bonds is 6. The van der Waals surface area contributed by atoms with Crippen molar-refractivity contribution in [2.75, 3.05) is 13.7 Å². The minimum absolute atomic E-state index is 0.749. The second kappa shape index (κ2) is 6.25. The van der Waals surface area contributed by atoms with Gasteiger partial charge in [0, 0.05) is 0 Å². The molecular weight excluding hydrogens is 194 g/mol. The summed E-state index contributed by atoms with van der Waals surface area (Å²) in [6.07, 6.45) is -8.12. The topological polar surface area (TPSA) is 133 Å². The molecule has 7 nitrogen and oxygen atoms in total. The molecule has 5 atom stereocenters. The van der Waals surface area contributed by atoms with Gasteiger partial charge >= 0.3 is 0 Å². The Morgan fingerprint density at radius 3 is 1.79 bits per heavy atom. The molecule has 0 saturated carbocycles. The Bertz CT molecular complexity index is 141. The molecule has 0 heterocycles. The van der Waals surface area contributed by atoms with Crippen LogP contribution in [-0.4, -0.2) is 74.9 Å². The normalized spacial score (nSPS) is 22.5. The monoisotopic (exact) mass is 211 g/mol. The molecule has 7 N–H and O–H groups in total. The van der Waals surface area contributed by atoms with Crippen molar-refractivity contribution < 1.29 is 30.6 Å². The van der Waals surface area contributed by atoms with Crippen LogP contribution in [-0.2, 0) is 0 Å². The fourth-order valence-corrected chi connectivity index (χ4v) is 0.895. The van der Waals surface area contributed by atoms with Crippen LogP contribution in [0.1, 0.15) is 0 Å². The lowest BCUT2D eigenvalue weighted by Gasteiger charge is -2.28. The second-order valence-corrected chi connectivity index (χ2v) is 2.96. The van der Waals surface area contributed by atoms with E-state index in [0.717, 1.165) is 0 Å². The Labute approximate surface area is 81.2 Å². The zero-order valence-corrected chi connectivity index (χ0v) is 7.78. The Hall–Kier alpha value is -0.280. The van der Waals surface area contributed by atoms with Gasteiger partial charge in [0.2, 0.25) is 0 Å². The third-order valence-corrected chi connectivity index (χ3v) is 1.90. The maximum absolute atomic E-state index is 9.22. The minimum atomic E-state index is -1.75. The predicted octanol–water partition coefficient (Wildman–Crippen LogP) is -4.04. The summed E-state index contributed by atoms with van der Waals surface area (Å²) < 4.78 is 0. The number of likely N-dealkylation sites (N-methyl/N-ethyl adjacent to an activating group) is 1. The van der Waals surface area contributed by atoms with Gasteiger partial charge < -0.3 is 30.6 Å². The number of aliphatic hydroxyl groups is 6. The molecule has 14 heavy (non-hydrogen) atoms. The molecule has 0 aromatic rings. The first-order valence-corrected chi connectivity index (χ1v) is 4.14. The Balaban J connectivity index is 4.22. The molecule has 86 valence electrons. The van der Waals surface area contributed by atoms with E-state index in [1.54, 1.807) is 0 Å². The van der Waals surface area contributed by atoms with E-state index in [-0.39, 0.29) is 0 Å². The van der Waals surface area contributed by atoms with Gasteiger partial charge in [0.15, 0.2) is 0 Å². The molecule has 0 radical (unpaired) electrons. The van der Waals surface area contributed by atoms with Crippen LogP contribution in [0, 0.1) is 0 Å². The SMILES string of the molecule is CNC(O)[C@H](O)[C@H](O)[C@H](O)[C@@H](O)CO. The number of hydrogen-bond acceptors (Lipinski definition) is 7. The summed E-state index contributed by atoms with van der Waals surface area (Å²) >= 11 is 0. The molecular formula is C7H17NO6. The van der Waals surface area contributed by atoms with Crippen molar-refractivity contribution in [1.29, 1.82) is 0 Å². The van der Waals surface area contributed by atoms with Crippen LogP contribution in [0.25, 0.3) is 0 Å². The van der Waals surface area contributed by atoms with E-state index < -0.39 is 37.3 Å². The van der Waals surface area contributed by atoms with Crippen LogP contribution in [0.3, 0.4) is 0 Å². The third-order valence-electron chi connectivity index (χ3n) is 1.90. The van der Waals surface area contributed by atoms with Crippen LogP contribution in [0.5, 0.6) is 0 Å². The maximum atomic E-state index is 9.22. The first kappa shape index (κ1) is 13.7. The molecule has 0 amide bonds. The number of aliphatic hydroxyl groups excluding tert-OH is 6. The zero-order chi connectivity index (χ0) is 11.3. The van der Waals surface area contributed by atoms with Gasteiger partial charge in [-0.25, -0.2) is 0 Å². The molecule has 7 heteroatoms. The van der Waals surface area contributed by atoms with Crippen LogP contribution in [0.2, 0.25) is 0 Å². The molecule has 0 saturated heterocycles. The summed E-state index contributed by atoms with van der Waals surface area (Å²) in [4.78, 5) is 0. The summed E-state index contributed by atoms with van der Waals surface area (Å²) in [5.74, 6) is 0. The van der Waals surface area contributed by atoms with Gasteiger partial charge in [-0.2, -0.15) is 0 Å². The lowest BCUT2D eigenvalue weighted by molar-refractivity contribution is -0.144. The highest BCUT2D eigenvalue weighted by Crippen LogP contribution is 2.06. The lowest BCUT2D eigenvalue weighted by Crippen LogP contribution is -2.53. The van der Waals surface area contributed by atoms with Crippen molar-refractivity contribution in [2.24, 2.45) is 0 Å². The van der Waals surface area contributed by atoms with Crippen molar-refractivity contribution in [2.45, 2.75) is 30.6 Å². The molecule has 0 aliphatic carbocycles. The van der Waals surface area contributed by atoms with Crippen molar-refractivity contribution in [3.63, 3.8) is 0 Å². The minimum Gasteiger partial charge on any atom is -0.394 e. The molecule has 0 aliphatic heterocycles. The predicted molar refractivity (Wildman–Crippen MR) is 46.2 cm³/mol. The third kappa shape index (κ3) is 3.46. The molecule has 0 aromatic carbocycles. The fourth-order valence-electron chi connectivity index (χ4n) is 0.895. The highest BCUT2D eigenvalue weighted by molar-refractivity contribution is 4.83. The van der Waals surface area contributed by atoms with Crippen LogP contribution in [0.4, 0.5) is 0 Å². The Morgan fingerprint density at radius 1 is 0.929 bits per heavy atom. The van der Waals surface area contributed by atoms with Gasteiger partial charge in [-0.1, -0.05) is 0 Å². The van der Waals surface area contributed by atoms with E-state index in [2.05, 4.69) is 5.32 Å². The van der Waals surface area contributed by atoms with E-state index in [9.17, 15) is 10.2 Å². The van der Waals surface area contributed by atoms with Gasteiger partial charge in [0.1, 0.15) is 30.6 Å². The first-order valence-electron chi connectivity index (χ1n) is 4.14. The largest absolute Gasteiger partial charge is 0.394 e. The summed E-state index contributed by atoms with van der Waals surface area (Å²) in [6, 6.07) is 0. The van der Waals surface area contributed by atoms with Gasteiger partial charge in [-0.15, -0.1) is 0 Å². The first-order chi connectivity index (χ1) is 6.45. The fraction of sp³-hybridized carbons (Fsp3) is 1.00. The van der Waals surface area contributed by atoms with Crippen LogP contribution >= 0.6 is 0 Å². The second-order valence-electron chi connectivity index (χ2n) is 2.96. The number of hydrogen-bond donors (Lipinski definition) is 7. The number of nitrogens with one attached hydrogen (secondary N) is 1. The Morgan fingerprint density at radius 2 is 1.43 bits per heavy atom. The molecule has 0 rings (SSSR count). The maximum Gasteiger partial charge on any atom is 0.133 e. The standard InChI is InChI=1S/C7H17NO6/c1-8-7(14)6(13)5(12)4(11)3(10)2-9/h3-14H,2H2,1H3/t3-,4+,5+,6+,7?/m0/s1. The summed E-state index contributed by atoms with van der Waals surface area (Å²) in [6.45, 7) is -0.749. The van der Waals surface area contributed by atoms with Crippen molar-refractivity contribution in [1.82, 2.24) is 5.32 Å². The highest BCUT2D eigenvalue weighted by Gasteiger charge is 2.33. The van der Waals surface area contributed by atoms with Crippen molar-refractivity contribution >= 4 is 0 Å². The smallest absolute Gasteiger partial charge is 0.133 e. The molecule has 0 aliphatic rings. The highest BCUT2D eigenvalue weighted by atomic mass is 16.4. The van der Waals surface area contributed by atoms with Crippen molar-refractivity contribution in [3.05, 3.63) is 0 Å². The van der Waals surface area contributed by atoms with E-state index in [0.29, 0.717) is 0 Å².